The molecule has 0 radical (unpaired) electrons. The largest absolute Gasteiger partial charge is 0.464 e. The minimum absolute atomic E-state index is 0.334. The first-order valence-corrected chi connectivity index (χ1v) is 6.00. The first-order chi connectivity index (χ1) is 8.08. The molecular formula is C12H13BrN2O2. The summed E-state index contributed by atoms with van der Waals surface area (Å²) in [6.45, 7) is 3.79. The average Bonchev–Trinajstić information content (AvgIpc) is 2.31. The van der Waals surface area contributed by atoms with Gasteiger partial charge in [0.25, 0.3) is 0 Å². The molecule has 1 atom stereocenters. The van der Waals surface area contributed by atoms with Gasteiger partial charge in [0.15, 0.2) is 0 Å². The van der Waals surface area contributed by atoms with Crippen LogP contribution in [0.4, 0.5) is 5.69 Å². The van der Waals surface area contributed by atoms with E-state index in [0.717, 1.165) is 4.47 Å². The Bertz CT molecular complexity index is 454. The summed E-state index contributed by atoms with van der Waals surface area (Å²) in [6, 6.07) is 6.83. The van der Waals surface area contributed by atoms with Crippen LogP contribution in [0.1, 0.15) is 19.4 Å². The zero-order chi connectivity index (χ0) is 12.8. The lowest BCUT2D eigenvalue weighted by molar-refractivity contribution is -0.143. The Morgan fingerprint density at radius 3 is 2.94 bits per heavy atom. The van der Waals surface area contributed by atoms with Crippen LogP contribution in [0.15, 0.2) is 22.7 Å². The standard InChI is InChI=1S/C12H13BrN2O2/c1-3-17-12(16)8(2)15-11-5-4-10(13)6-9(11)7-14/h4-6,8,15H,3H2,1-2H3. The van der Waals surface area contributed by atoms with Gasteiger partial charge in [0.05, 0.1) is 17.9 Å². The molecule has 1 aromatic rings. The van der Waals surface area contributed by atoms with E-state index in [9.17, 15) is 4.79 Å². The van der Waals surface area contributed by atoms with E-state index >= 15 is 0 Å². The lowest BCUT2D eigenvalue weighted by atomic mass is 10.2. The smallest absolute Gasteiger partial charge is 0.328 e. The second kappa shape index (κ2) is 6.26. The quantitative estimate of drug-likeness (QED) is 0.868. The third-order valence-corrected chi connectivity index (χ3v) is 2.61. The Morgan fingerprint density at radius 1 is 1.65 bits per heavy atom. The van der Waals surface area contributed by atoms with Crippen molar-refractivity contribution in [1.82, 2.24) is 0 Å². The van der Waals surface area contributed by atoms with Gasteiger partial charge in [0.1, 0.15) is 12.1 Å². The van der Waals surface area contributed by atoms with Crippen LogP contribution in [0.25, 0.3) is 0 Å². The fourth-order valence-corrected chi connectivity index (χ4v) is 1.66. The summed E-state index contributed by atoms with van der Waals surface area (Å²) >= 11 is 3.29. The van der Waals surface area contributed by atoms with Crippen LogP contribution in [0.2, 0.25) is 0 Å². The third-order valence-electron chi connectivity index (χ3n) is 2.11. The van der Waals surface area contributed by atoms with Gasteiger partial charge in [-0.1, -0.05) is 15.9 Å². The van der Waals surface area contributed by atoms with E-state index in [1.807, 2.05) is 0 Å². The Labute approximate surface area is 109 Å². The predicted octanol–water partition coefficient (Wildman–Crippen LogP) is 2.68. The van der Waals surface area contributed by atoms with Crippen LogP contribution in [0.3, 0.4) is 0 Å². The highest BCUT2D eigenvalue weighted by Gasteiger charge is 2.15. The molecule has 0 aliphatic carbocycles. The highest BCUT2D eigenvalue weighted by atomic mass is 79.9. The molecule has 5 heteroatoms. The number of anilines is 1. The number of nitrogens with zero attached hydrogens (tertiary/aromatic N) is 1. The molecule has 0 aromatic heterocycles. The molecule has 0 fully saturated rings. The maximum Gasteiger partial charge on any atom is 0.328 e. The van der Waals surface area contributed by atoms with Crippen molar-refractivity contribution < 1.29 is 9.53 Å². The second-order valence-corrected chi connectivity index (χ2v) is 4.34. The van der Waals surface area contributed by atoms with Gasteiger partial charge in [0, 0.05) is 4.47 Å². The summed E-state index contributed by atoms with van der Waals surface area (Å²) in [6.07, 6.45) is 0. The van der Waals surface area contributed by atoms with E-state index in [2.05, 4.69) is 27.3 Å². The molecule has 90 valence electrons. The van der Waals surface area contributed by atoms with Crippen molar-refractivity contribution in [2.45, 2.75) is 19.9 Å². The van der Waals surface area contributed by atoms with E-state index in [-0.39, 0.29) is 5.97 Å². The summed E-state index contributed by atoms with van der Waals surface area (Å²) in [5.41, 5.74) is 1.10. The molecule has 1 unspecified atom stereocenters. The summed E-state index contributed by atoms with van der Waals surface area (Å²) in [4.78, 5) is 11.4. The molecule has 17 heavy (non-hydrogen) atoms. The summed E-state index contributed by atoms with van der Waals surface area (Å²) < 4.78 is 5.70. The molecule has 0 aliphatic heterocycles. The Morgan fingerprint density at radius 2 is 2.35 bits per heavy atom. The number of carbonyl (C=O) groups excluding carboxylic acids is 1. The molecule has 1 rings (SSSR count). The van der Waals surface area contributed by atoms with Crippen LogP contribution in [0.5, 0.6) is 0 Å². The van der Waals surface area contributed by atoms with Crippen molar-refractivity contribution in [3.8, 4) is 6.07 Å². The van der Waals surface area contributed by atoms with Gasteiger partial charge in [0.2, 0.25) is 0 Å². The zero-order valence-corrected chi connectivity index (χ0v) is 11.2. The molecule has 0 bridgehead atoms. The molecule has 0 heterocycles. The Hall–Kier alpha value is -1.54. The molecule has 1 aromatic carbocycles. The van der Waals surface area contributed by atoms with Gasteiger partial charge in [-0.15, -0.1) is 0 Å². The average molecular weight is 297 g/mol. The van der Waals surface area contributed by atoms with Gasteiger partial charge in [-0.3, -0.25) is 0 Å². The molecule has 1 N–H and O–H groups in total. The molecule has 0 saturated heterocycles. The van der Waals surface area contributed by atoms with E-state index in [1.165, 1.54) is 0 Å². The number of benzene rings is 1. The number of hydrogen-bond acceptors (Lipinski definition) is 4. The maximum absolute atomic E-state index is 11.4. The fraction of sp³-hybridized carbons (Fsp3) is 0.333. The van der Waals surface area contributed by atoms with Crippen LogP contribution in [-0.2, 0) is 9.53 Å². The normalized spacial score (nSPS) is 11.4. The number of ether oxygens (including phenoxy) is 1. The van der Waals surface area contributed by atoms with E-state index in [0.29, 0.717) is 17.9 Å². The van der Waals surface area contributed by atoms with Crippen molar-refractivity contribution in [3.05, 3.63) is 28.2 Å². The summed E-state index contributed by atoms with van der Waals surface area (Å²) in [7, 11) is 0. The maximum atomic E-state index is 11.4. The van der Waals surface area contributed by atoms with E-state index in [4.69, 9.17) is 10.00 Å². The Balaban J connectivity index is 2.82. The van der Waals surface area contributed by atoms with E-state index in [1.54, 1.807) is 32.0 Å². The van der Waals surface area contributed by atoms with Crippen molar-refractivity contribution in [1.29, 1.82) is 5.26 Å². The number of nitriles is 1. The van der Waals surface area contributed by atoms with Gasteiger partial charge >= 0.3 is 5.97 Å². The first-order valence-electron chi connectivity index (χ1n) is 5.21. The minimum atomic E-state index is -0.483. The highest BCUT2D eigenvalue weighted by Crippen LogP contribution is 2.21. The number of halogens is 1. The molecule has 0 spiro atoms. The van der Waals surface area contributed by atoms with Crippen molar-refractivity contribution >= 4 is 27.6 Å². The first kappa shape index (κ1) is 13.5. The third kappa shape index (κ3) is 3.75. The summed E-state index contributed by atoms with van der Waals surface area (Å²) in [5, 5.41) is 11.9. The van der Waals surface area contributed by atoms with Gasteiger partial charge < -0.3 is 10.1 Å². The number of nitrogens with one attached hydrogen (secondary N) is 1. The number of rotatable bonds is 4. The lowest BCUT2D eigenvalue weighted by Gasteiger charge is -2.14. The van der Waals surface area contributed by atoms with Gasteiger partial charge in [-0.2, -0.15) is 5.26 Å². The van der Waals surface area contributed by atoms with Crippen LogP contribution in [-0.4, -0.2) is 18.6 Å². The minimum Gasteiger partial charge on any atom is -0.464 e. The molecule has 0 aliphatic rings. The number of esters is 1. The van der Waals surface area contributed by atoms with Crippen molar-refractivity contribution in [2.75, 3.05) is 11.9 Å². The van der Waals surface area contributed by atoms with Gasteiger partial charge in [-0.25, -0.2) is 4.79 Å². The molecule has 0 saturated carbocycles. The molecule has 4 nitrogen and oxygen atoms in total. The SMILES string of the molecule is CCOC(=O)C(C)Nc1ccc(Br)cc1C#N. The molecule has 0 amide bonds. The fourth-order valence-electron chi connectivity index (χ4n) is 1.29. The lowest BCUT2D eigenvalue weighted by Crippen LogP contribution is -2.28. The van der Waals surface area contributed by atoms with Crippen molar-refractivity contribution in [2.24, 2.45) is 0 Å². The van der Waals surface area contributed by atoms with Crippen LogP contribution < -0.4 is 5.32 Å². The van der Waals surface area contributed by atoms with Crippen LogP contribution >= 0.6 is 15.9 Å². The van der Waals surface area contributed by atoms with Crippen molar-refractivity contribution in [3.63, 3.8) is 0 Å². The molecular weight excluding hydrogens is 284 g/mol. The second-order valence-electron chi connectivity index (χ2n) is 3.42. The predicted molar refractivity (Wildman–Crippen MR) is 68.6 cm³/mol. The zero-order valence-electron chi connectivity index (χ0n) is 9.66. The highest BCUT2D eigenvalue weighted by molar-refractivity contribution is 9.10. The summed E-state index contributed by atoms with van der Waals surface area (Å²) in [5.74, 6) is -0.334. The van der Waals surface area contributed by atoms with E-state index < -0.39 is 6.04 Å². The number of carbonyl (C=O) groups is 1. The number of hydrogen-bond donors (Lipinski definition) is 1. The van der Waals surface area contributed by atoms with Crippen LogP contribution in [0, 0.1) is 11.3 Å². The topological polar surface area (TPSA) is 62.1 Å². The van der Waals surface area contributed by atoms with Gasteiger partial charge in [-0.05, 0) is 32.0 Å². The monoisotopic (exact) mass is 296 g/mol. The Kier molecular flexibility index (Phi) is 4.98.